The van der Waals surface area contributed by atoms with Crippen molar-refractivity contribution in [1.29, 1.82) is 0 Å². The third-order valence-electron chi connectivity index (χ3n) is 8.43. The van der Waals surface area contributed by atoms with Crippen LogP contribution in [0.25, 0.3) is 0 Å². The van der Waals surface area contributed by atoms with Gasteiger partial charge in [0.05, 0.1) is 41.6 Å². The molecule has 13 nitrogen and oxygen atoms in total. The number of nitrogens with zero attached hydrogens (tertiary/aromatic N) is 4. The number of aryl methyl sites for hydroxylation is 2. The lowest BCUT2D eigenvalue weighted by atomic mass is 10.0. The van der Waals surface area contributed by atoms with E-state index >= 15 is 0 Å². The molecule has 264 valence electrons. The molecule has 1 amide bonds. The first-order valence-electron chi connectivity index (χ1n) is 16.0. The molecular weight excluding hydrogens is 659 g/mol. The van der Waals surface area contributed by atoms with Gasteiger partial charge in [-0.15, -0.1) is 0 Å². The third-order valence-corrected chi connectivity index (χ3v) is 11.5. The highest BCUT2D eigenvalue weighted by molar-refractivity contribution is 7.92. The number of aromatic nitrogens is 2. The van der Waals surface area contributed by atoms with Gasteiger partial charge in [0.2, 0.25) is 0 Å². The average Bonchev–Trinajstić information content (AvgIpc) is 3.49. The summed E-state index contributed by atoms with van der Waals surface area (Å²) in [4.78, 5) is 19.9. The Morgan fingerprint density at radius 2 is 1.81 bits per heavy atom. The number of likely N-dealkylation sites (N-methyl/N-ethyl adjacent to an activating group) is 1. The fourth-order valence-electron chi connectivity index (χ4n) is 5.41. The van der Waals surface area contributed by atoms with Crippen LogP contribution >= 0.6 is 0 Å². The summed E-state index contributed by atoms with van der Waals surface area (Å²) in [5.41, 5.74) is 1.22. The average molecular weight is 706 g/mol. The van der Waals surface area contributed by atoms with Crippen molar-refractivity contribution < 1.29 is 36.2 Å². The highest BCUT2D eigenvalue weighted by Crippen LogP contribution is 2.30. The molecule has 0 spiro atoms. The zero-order chi connectivity index (χ0) is 35.2. The van der Waals surface area contributed by atoms with Crippen LogP contribution in [0.5, 0.6) is 5.75 Å². The summed E-state index contributed by atoms with van der Waals surface area (Å²) in [5.74, 6) is -0.564. The Balaban J connectivity index is 1.68. The van der Waals surface area contributed by atoms with Crippen LogP contribution in [0, 0.1) is 12.8 Å². The van der Waals surface area contributed by atoms with E-state index in [1.807, 2.05) is 20.8 Å². The maximum atomic E-state index is 14.4. The lowest BCUT2D eigenvalue weighted by Gasteiger charge is -2.35. The minimum Gasteiger partial charge on any atom is -0.490 e. The second-order valence-electron chi connectivity index (χ2n) is 12.6. The van der Waals surface area contributed by atoms with Crippen LogP contribution in [0.15, 0.2) is 64.9 Å². The number of amides is 1. The number of nitrogens with one attached hydrogen (secondary N) is 1. The largest absolute Gasteiger partial charge is 0.490 e. The number of aliphatic hydroxyl groups is 1. The van der Waals surface area contributed by atoms with Crippen LogP contribution in [-0.2, 0) is 31.8 Å². The van der Waals surface area contributed by atoms with Gasteiger partial charge in [-0.1, -0.05) is 24.6 Å². The molecule has 1 aliphatic heterocycles. The standard InChI is InChI=1S/C33H47N5O8S2/c1-23-10-13-28(14-11-23)47(41,42)35-27-12-15-30-29(17-27)33(40)38(25(3)21-39)18-24(2)31(45-16-8-7-9-26(4)46-30)19-37(6)48(43,44)32-20-36(5)22-34-32/h10-15,17,20,22,24-26,31,35,39H,7-9,16,18-19,21H2,1-6H3/t24-,25+,26-,31-/m0/s1. The molecular formula is C33H47N5O8S2. The number of aliphatic hydroxyl groups excluding tert-OH is 1. The Bertz CT molecular complexity index is 1760. The minimum absolute atomic E-state index is 0.0106. The van der Waals surface area contributed by atoms with Crippen molar-refractivity contribution >= 4 is 31.6 Å². The Hall–Kier alpha value is -3.50. The van der Waals surface area contributed by atoms with E-state index in [1.54, 1.807) is 42.8 Å². The van der Waals surface area contributed by atoms with Gasteiger partial charge >= 0.3 is 0 Å². The Labute approximate surface area is 284 Å². The summed E-state index contributed by atoms with van der Waals surface area (Å²) < 4.78 is 70.9. The fraction of sp³-hybridized carbons (Fsp3) is 0.515. The minimum atomic E-state index is -3.96. The van der Waals surface area contributed by atoms with E-state index in [1.165, 1.54) is 47.0 Å². The molecule has 1 aliphatic rings. The molecule has 0 aliphatic carbocycles. The van der Waals surface area contributed by atoms with Gasteiger partial charge in [0.15, 0.2) is 5.03 Å². The molecule has 15 heteroatoms. The first-order valence-corrected chi connectivity index (χ1v) is 18.9. The predicted octanol–water partition coefficient (Wildman–Crippen LogP) is 3.65. The Morgan fingerprint density at radius 1 is 1.10 bits per heavy atom. The van der Waals surface area contributed by atoms with E-state index in [-0.39, 0.29) is 52.9 Å². The molecule has 48 heavy (non-hydrogen) atoms. The third kappa shape index (κ3) is 9.14. The first kappa shape index (κ1) is 37.3. The number of hydrogen-bond donors (Lipinski definition) is 2. The van der Waals surface area contributed by atoms with Gasteiger partial charge in [-0.3, -0.25) is 9.52 Å². The van der Waals surface area contributed by atoms with E-state index in [2.05, 4.69) is 9.71 Å². The summed E-state index contributed by atoms with van der Waals surface area (Å²) in [6.45, 7) is 7.48. The lowest BCUT2D eigenvalue weighted by molar-refractivity contribution is -0.00835. The summed E-state index contributed by atoms with van der Waals surface area (Å²) in [7, 11) is -4.71. The molecule has 0 saturated carbocycles. The normalized spacial score (nSPS) is 20.9. The van der Waals surface area contributed by atoms with Gasteiger partial charge in [0.1, 0.15) is 5.75 Å². The van der Waals surface area contributed by atoms with Crippen molar-refractivity contribution in [1.82, 2.24) is 18.8 Å². The smallest absolute Gasteiger partial charge is 0.261 e. The first-order chi connectivity index (χ1) is 22.6. The maximum absolute atomic E-state index is 14.4. The molecule has 0 radical (unpaired) electrons. The summed E-state index contributed by atoms with van der Waals surface area (Å²) >= 11 is 0. The summed E-state index contributed by atoms with van der Waals surface area (Å²) in [6, 6.07) is 10.4. The number of ether oxygens (including phenoxy) is 2. The van der Waals surface area contributed by atoms with E-state index in [9.17, 15) is 26.7 Å². The van der Waals surface area contributed by atoms with Crippen molar-refractivity contribution in [2.45, 2.75) is 75.1 Å². The molecule has 0 fully saturated rings. The SMILES string of the molecule is Cc1ccc(S(=O)(=O)Nc2ccc3c(c2)C(=O)N([C@H](C)CO)C[C@H](C)[C@H](CN(C)S(=O)(=O)c2cn(C)cn2)OCCCC[C@H](C)O3)cc1. The monoisotopic (exact) mass is 705 g/mol. The number of imidazole rings is 1. The van der Waals surface area contributed by atoms with Crippen LogP contribution < -0.4 is 9.46 Å². The van der Waals surface area contributed by atoms with Crippen molar-refractivity contribution in [3.63, 3.8) is 0 Å². The van der Waals surface area contributed by atoms with Gasteiger partial charge in [0, 0.05) is 51.6 Å². The molecule has 0 bridgehead atoms. The van der Waals surface area contributed by atoms with Crippen molar-refractivity contribution in [2.24, 2.45) is 13.0 Å². The van der Waals surface area contributed by atoms with Gasteiger partial charge in [-0.25, -0.2) is 21.8 Å². The van der Waals surface area contributed by atoms with Crippen LogP contribution in [0.3, 0.4) is 0 Å². The Morgan fingerprint density at radius 3 is 2.46 bits per heavy atom. The second kappa shape index (κ2) is 15.8. The highest BCUT2D eigenvalue weighted by Gasteiger charge is 2.33. The van der Waals surface area contributed by atoms with E-state index in [0.29, 0.717) is 25.2 Å². The summed E-state index contributed by atoms with van der Waals surface area (Å²) in [6.07, 6.45) is 4.10. The summed E-state index contributed by atoms with van der Waals surface area (Å²) in [5, 5.41) is 10.1. The number of carbonyl (C=O) groups excluding carboxylic acids is 1. The molecule has 2 aromatic carbocycles. The van der Waals surface area contributed by atoms with Gasteiger partial charge in [-0.2, -0.15) is 4.31 Å². The number of benzene rings is 2. The Kier molecular flexibility index (Phi) is 12.3. The molecule has 4 rings (SSSR count). The quantitative estimate of drug-likeness (QED) is 0.339. The van der Waals surface area contributed by atoms with E-state index < -0.39 is 38.1 Å². The molecule has 0 saturated heterocycles. The fourth-order valence-corrected chi connectivity index (χ4v) is 7.61. The van der Waals surface area contributed by atoms with E-state index in [0.717, 1.165) is 12.0 Å². The molecule has 3 aromatic rings. The van der Waals surface area contributed by atoms with Gasteiger partial charge < -0.3 is 24.0 Å². The van der Waals surface area contributed by atoms with Crippen LogP contribution in [-0.4, -0.2) is 98.2 Å². The second-order valence-corrected chi connectivity index (χ2v) is 16.3. The van der Waals surface area contributed by atoms with Crippen LogP contribution in [0.4, 0.5) is 5.69 Å². The van der Waals surface area contributed by atoms with Crippen molar-refractivity contribution in [3.8, 4) is 5.75 Å². The number of carbonyl (C=O) groups is 1. The van der Waals surface area contributed by atoms with E-state index in [4.69, 9.17) is 9.47 Å². The van der Waals surface area contributed by atoms with Crippen molar-refractivity contribution in [3.05, 3.63) is 66.1 Å². The number of hydrogen-bond acceptors (Lipinski definition) is 9. The molecule has 1 aromatic heterocycles. The maximum Gasteiger partial charge on any atom is 0.261 e. The molecule has 0 unspecified atom stereocenters. The lowest BCUT2D eigenvalue weighted by Crippen LogP contribution is -2.48. The number of rotatable bonds is 9. The molecule has 4 atom stereocenters. The zero-order valence-electron chi connectivity index (χ0n) is 28.4. The van der Waals surface area contributed by atoms with Gasteiger partial charge in [-0.05, 0) is 70.4 Å². The number of fused-ring (bicyclic) bond motifs is 1. The van der Waals surface area contributed by atoms with Crippen LogP contribution in [0.1, 0.15) is 56.0 Å². The predicted molar refractivity (Wildman–Crippen MR) is 182 cm³/mol. The van der Waals surface area contributed by atoms with Crippen LogP contribution in [0.2, 0.25) is 0 Å². The highest BCUT2D eigenvalue weighted by atomic mass is 32.2. The molecule has 2 heterocycles. The zero-order valence-corrected chi connectivity index (χ0v) is 30.0. The molecule has 2 N–H and O–H groups in total. The van der Waals surface area contributed by atoms with Gasteiger partial charge in [0.25, 0.3) is 26.0 Å². The number of anilines is 1. The topological polar surface area (TPSA) is 160 Å². The number of sulfonamides is 2. The van der Waals surface area contributed by atoms with Crippen molar-refractivity contribution in [2.75, 3.05) is 38.1 Å².